The molecule has 1 aromatic heterocycles. The van der Waals surface area contributed by atoms with Gasteiger partial charge >= 0.3 is 0 Å². The maximum Gasteiger partial charge on any atom is 0.267 e. The highest BCUT2D eigenvalue weighted by Crippen LogP contribution is 2.29. The smallest absolute Gasteiger partial charge is 0.267 e. The molecule has 2 unspecified atom stereocenters. The highest BCUT2D eigenvalue weighted by Gasteiger charge is 2.38. The lowest BCUT2D eigenvalue weighted by Crippen LogP contribution is -2.46. The van der Waals surface area contributed by atoms with Crippen LogP contribution in [-0.2, 0) is 17.1 Å². The van der Waals surface area contributed by atoms with E-state index in [-0.39, 0.29) is 10.8 Å². The van der Waals surface area contributed by atoms with Crippen LogP contribution in [0.3, 0.4) is 0 Å². The Bertz CT molecular complexity index is 682. The fraction of sp³-hybridized carbons (Fsp3) is 0.643. The summed E-state index contributed by atoms with van der Waals surface area (Å²) in [7, 11) is -0.333. The largest absolute Gasteiger partial charge is 0.354 e. The van der Waals surface area contributed by atoms with Gasteiger partial charge in [-0.05, 0) is 31.4 Å². The first kappa shape index (κ1) is 15.5. The highest BCUT2D eigenvalue weighted by molar-refractivity contribution is 7.89. The van der Waals surface area contributed by atoms with Crippen LogP contribution < -0.4 is 10.6 Å². The van der Waals surface area contributed by atoms with E-state index in [1.807, 2.05) is 0 Å². The summed E-state index contributed by atoms with van der Waals surface area (Å²) in [4.78, 5) is 11.9. The molecule has 8 heteroatoms. The van der Waals surface area contributed by atoms with Crippen LogP contribution in [0.2, 0.25) is 0 Å². The number of rotatable bonds is 3. The third kappa shape index (κ3) is 2.55. The van der Waals surface area contributed by atoms with Gasteiger partial charge in [-0.25, -0.2) is 8.42 Å². The Morgan fingerprint density at radius 1 is 1.41 bits per heavy atom. The second kappa shape index (κ2) is 5.68. The zero-order chi connectivity index (χ0) is 15.9. The molecular formula is C14H22N4O3S. The van der Waals surface area contributed by atoms with Gasteiger partial charge in [0.1, 0.15) is 10.6 Å². The molecule has 122 valence electrons. The molecule has 2 N–H and O–H groups in total. The Kier molecular flexibility index (Phi) is 4.00. The number of fused-ring (bicyclic) bond motifs is 1. The van der Waals surface area contributed by atoms with Crippen molar-refractivity contribution < 1.29 is 13.2 Å². The number of hydrogen-bond acceptors (Lipinski definition) is 4. The number of amides is 1. The van der Waals surface area contributed by atoms with Crippen LogP contribution in [0.1, 0.15) is 23.3 Å². The van der Waals surface area contributed by atoms with Crippen molar-refractivity contribution in [2.45, 2.75) is 23.8 Å². The van der Waals surface area contributed by atoms with Crippen LogP contribution in [-0.4, -0.2) is 55.9 Å². The molecule has 0 aliphatic carbocycles. The third-order valence-corrected chi connectivity index (χ3v) is 6.53. The van der Waals surface area contributed by atoms with Gasteiger partial charge in [-0.3, -0.25) is 4.79 Å². The molecule has 2 atom stereocenters. The Labute approximate surface area is 130 Å². The van der Waals surface area contributed by atoms with Gasteiger partial charge in [0.15, 0.2) is 0 Å². The number of nitrogens with one attached hydrogen (secondary N) is 2. The lowest BCUT2D eigenvalue weighted by molar-refractivity contribution is 0.0955. The van der Waals surface area contributed by atoms with Gasteiger partial charge < -0.3 is 15.2 Å². The molecule has 2 aliphatic heterocycles. The number of nitrogens with zero attached hydrogens (tertiary/aromatic N) is 2. The van der Waals surface area contributed by atoms with Crippen molar-refractivity contribution in [3.05, 3.63) is 18.0 Å². The lowest BCUT2D eigenvalue weighted by atomic mass is 9.95. The normalized spacial score (nSPS) is 25.9. The second-order valence-corrected chi connectivity index (χ2v) is 7.95. The number of carbonyl (C=O) groups excluding carboxylic acids is 1. The molecule has 3 rings (SSSR count). The van der Waals surface area contributed by atoms with E-state index in [1.165, 1.54) is 19.3 Å². The minimum Gasteiger partial charge on any atom is -0.354 e. The molecule has 0 spiro atoms. The summed E-state index contributed by atoms with van der Waals surface area (Å²) in [5, 5.41) is 5.95. The maximum absolute atomic E-state index is 12.8. The fourth-order valence-electron chi connectivity index (χ4n) is 3.41. The highest BCUT2D eigenvalue weighted by atomic mass is 32.2. The molecule has 22 heavy (non-hydrogen) atoms. The van der Waals surface area contributed by atoms with Crippen molar-refractivity contribution in [3.8, 4) is 0 Å². The van der Waals surface area contributed by atoms with E-state index in [2.05, 4.69) is 10.6 Å². The first-order chi connectivity index (χ1) is 10.4. The molecule has 0 saturated carbocycles. The first-order valence-corrected chi connectivity index (χ1v) is 8.99. The predicted molar refractivity (Wildman–Crippen MR) is 82.1 cm³/mol. The van der Waals surface area contributed by atoms with E-state index in [9.17, 15) is 13.2 Å². The number of piperidine rings is 1. The van der Waals surface area contributed by atoms with E-state index >= 15 is 0 Å². The number of carbonyl (C=O) groups is 1. The summed E-state index contributed by atoms with van der Waals surface area (Å²) in [5.41, 5.74) is 0.346. The number of hydrogen-bond donors (Lipinski definition) is 2. The number of aryl methyl sites for hydroxylation is 1. The summed E-state index contributed by atoms with van der Waals surface area (Å²) in [5.74, 6) is 0.105. The average molecular weight is 326 g/mol. The van der Waals surface area contributed by atoms with Crippen LogP contribution in [0.25, 0.3) is 0 Å². The van der Waals surface area contributed by atoms with Gasteiger partial charge in [0.25, 0.3) is 5.91 Å². The lowest BCUT2D eigenvalue weighted by Gasteiger charge is -2.33. The van der Waals surface area contributed by atoms with Gasteiger partial charge in [-0.1, -0.05) is 0 Å². The molecule has 2 aliphatic rings. The SMILES string of the molecule is CNC(=O)c1cc(S(=O)(=O)N2CCC3NCCC3C2)cn1C. The fourth-order valence-corrected chi connectivity index (χ4v) is 4.99. The van der Waals surface area contributed by atoms with Gasteiger partial charge in [-0.15, -0.1) is 0 Å². The maximum atomic E-state index is 12.8. The summed E-state index contributed by atoms with van der Waals surface area (Å²) in [6.07, 6.45) is 3.38. The van der Waals surface area contributed by atoms with Crippen LogP contribution in [0, 0.1) is 5.92 Å². The Morgan fingerprint density at radius 2 is 2.18 bits per heavy atom. The van der Waals surface area contributed by atoms with Crippen molar-refractivity contribution in [2.24, 2.45) is 13.0 Å². The topological polar surface area (TPSA) is 83.4 Å². The summed E-state index contributed by atoms with van der Waals surface area (Å²) >= 11 is 0. The van der Waals surface area contributed by atoms with E-state index < -0.39 is 10.0 Å². The van der Waals surface area contributed by atoms with E-state index in [0.29, 0.717) is 30.7 Å². The molecule has 3 heterocycles. The molecular weight excluding hydrogens is 304 g/mol. The minimum absolute atomic E-state index is 0.193. The van der Waals surface area contributed by atoms with Crippen molar-refractivity contribution in [3.63, 3.8) is 0 Å². The van der Waals surface area contributed by atoms with E-state index in [1.54, 1.807) is 15.9 Å². The van der Waals surface area contributed by atoms with Gasteiger partial charge in [0, 0.05) is 39.4 Å². The molecule has 0 bridgehead atoms. The number of sulfonamides is 1. The predicted octanol–water partition coefficient (Wildman–Crippen LogP) is -0.243. The van der Waals surface area contributed by atoms with Gasteiger partial charge in [0.05, 0.1) is 0 Å². The van der Waals surface area contributed by atoms with Crippen molar-refractivity contribution >= 4 is 15.9 Å². The summed E-state index contributed by atoms with van der Waals surface area (Å²) in [6, 6.07) is 1.90. The third-order valence-electron chi connectivity index (χ3n) is 4.70. The zero-order valence-corrected chi connectivity index (χ0v) is 13.7. The van der Waals surface area contributed by atoms with Crippen molar-refractivity contribution in [1.29, 1.82) is 0 Å². The van der Waals surface area contributed by atoms with E-state index in [4.69, 9.17) is 0 Å². The molecule has 0 aromatic carbocycles. The van der Waals surface area contributed by atoms with Crippen LogP contribution in [0.5, 0.6) is 0 Å². The van der Waals surface area contributed by atoms with Gasteiger partial charge in [0.2, 0.25) is 10.0 Å². The Morgan fingerprint density at radius 3 is 2.91 bits per heavy atom. The summed E-state index contributed by atoms with van der Waals surface area (Å²) < 4.78 is 28.7. The molecule has 7 nitrogen and oxygen atoms in total. The first-order valence-electron chi connectivity index (χ1n) is 7.55. The molecule has 2 fully saturated rings. The second-order valence-electron chi connectivity index (χ2n) is 6.01. The zero-order valence-electron chi connectivity index (χ0n) is 12.9. The van der Waals surface area contributed by atoms with Crippen LogP contribution >= 0.6 is 0 Å². The van der Waals surface area contributed by atoms with Crippen molar-refractivity contribution in [2.75, 3.05) is 26.7 Å². The molecule has 1 amide bonds. The monoisotopic (exact) mass is 326 g/mol. The number of aromatic nitrogens is 1. The van der Waals surface area contributed by atoms with Crippen molar-refractivity contribution in [1.82, 2.24) is 19.5 Å². The summed E-state index contributed by atoms with van der Waals surface area (Å²) in [6.45, 7) is 2.06. The standard InChI is InChI=1S/C14H22N4O3S/c1-15-14(19)13-7-11(9-17(13)2)22(20,21)18-6-4-12-10(8-18)3-5-16-12/h7,9-10,12,16H,3-6,8H2,1-2H3,(H,15,19). The average Bonchev–Trinajstić information content (AvgIpc) is 3.12. The molecule has 0 radical (unpaired) electrons. The minimum atomic E-state index is -3.54. The molecule has 2 saturated heterocycles. The Hall–Kier alpha value is -1.38. The van der Waals surface area contributed by atoms with Gasteiger partial charge in [-0.2, -0.15) is 4.31 Å². The quantitative estimate of drug-likeness (QED) is 0.803. The molecule has 1 aromatic rings. The van der Waals surface area contributed by atoms with E-state index in [0.717, 1.165) is 19.4 Å². The van der Waals surface area contributed by atoms with Crippen LogP contribution in [0.4, 0.5) is 0 Å². The van der Waals surface area contributed by atoms with Crippen LogP contribution in [0.15, 0.2) is 17.2 Å². The Balaban J connectivity index is 1.85.